The summed E-state index contributed by atoms with van der Waals surface area (Å²) >= 11 is 0. The highest BCUT2D eigenvalue weighted by Gasteiger charge is 2.18. The molecule has 1 heterocycles. The van der Waals surface area contributed by atoms with Crippen LogP contribution in [-0.2, 0) is 17.6 Å². The fourth-order valence-corrected chi connectivity index (χ4v) is 4.13. The van der Waals surface area contributed by atoms with Crippen LogP contribution in [-0.4, -0.2) is 29.8 Å². The molecule has 4 aromatic rings. The van der Waals surface area contributed by atoms with E-state index in [1.165, 1.54) is 6.07 Å². The molecule has 0 aliphatic heterocycles. The average molecular weight is 459 g/mol. The third-order valence-electron chi connectivity index (χ3n) is 5.85. The highest BCUT2D eigenvalue weighted by atomic mass is 19.1. The summed E-state index contributed by atoms with van der Waals surface area (Å²) in [5.41, 5.74) is 6.51. The highest BCUT2D eigenvalue weighted by Crippen LogP contribution is 2.34. The van der Waals surface area contributed by atoms with Crippen LogP contribution in [0.5, 0.6) is 0 Å². The monoisotopic (exact) mass is 458 g/mol. The van der Waals surface area contributed by atoms with Crippen molar-refractivity contribution in [3.63, 3.8) is 0 Å². The molecule has 0 amide bonds. The molecule has 0 radical (unpaired) electrons. The molecule has 0 saturated heterocycles. The van der Waals surface area contributed by atoms with Gasteiger partial charge >= 0.3 is 5.97 Å². The molecule has 5 nitrogen and oxygen atoms in total. The number of carbonyl (C=O) groups is 1. The smallest absolute Gasteiger partial charge is 0.307 e. The average Bonchev–Trinajstić information content (AvgIpc) is 3.21. The largest absolute Gasteiger partial charge is 0.481 e. The van der Waals surface area contributed by atoms with E-state index in [1.54, 1.807) is 12.1 Å². The van der Waals surface area contributed by atoms with Crippen molar-refractivity contribution in [2.75, 3.05) is 18.5 Å². The molecular weight excluding hydrogens is 431 g/mol. The van der Waals surface area contributed by atoms with E-state index in [4.69, 9.17) is 9.63 Å². The molecular formula is C28H27FN2O3. The summed E-state index contributed by atoms with van der Waals surface area (Å²) in [6.45, 7) is 2.71. The molecule has 0 fully saturated rings. The van der Waals surface area contributed by atoms with Gasteiger partial charge in [-0.15, -0.1) is 0 Å². The minimum absolute atomic E-state index is 0.0165. The summed E-state index contributed by atoms with van der Waals surface area (Å²) in [7, 11) is 2.02. The molecule has 1 aromatic heterocycles. The lowest BCUT2D eigenvalue weighted by atomic mass is 10.0. The lowest BCUT2D eigenvalue weighted by Crippen LogP contribution is -2.20. The number of hydrogen-bond acceptors (Lipinski definition) is 4. The van der Waals surface area contributed by atoms with Crippen LogP contribution in [0.4, 0.5) is 10.1 Å². The highest BCUT2D eigenvalue weighted by molar-refractivity contribution is 5.77. The fraction of sp³-hybridized carbons (Fsp3) is 0.214. The van der Waals surface area contributed by atoms with Crippen molar-refractivity contribution in [3.8, 4) is 22.5 Å². The Morgan fingerprint density at radius 1 is 0.971 bits per heavy atom. The number of carboxylic acids is 1. The van der Waals surface area contributed by atoms with Gasteiger partial charge in [0.2, 0.25) is 0 Å². The summed E-state index contributed by atoms with van der Waals surface area (Å²) < 4.78 is 19.1. The molecule has 0 atom stereocenters. The first kappa shape index (κ1) is 23.2. The van der Waals surface area contributed by atoms with Crippen molar-refractivity contribution >= 4 is 11.7 Å². The molecule has 34 heavy (non-hydrogen) atoms. The zero-order chi connectivity index (χ0) is 24.1. The second-order valence-corrected chi connectivity index (χ2v) is 8.45. The van der Waals surface area contributed by atoms with Crippen LogP contribution < -0.4 is 4.90 Å². The number of rotatable bonds is 9. The van der Waals surface area contributed by atoms with Gasteiger partial charge in [0.1, 0.15) is 17.2 Å². The standard InChI is InChI=1S/C28H27FN2O3/c1-19-27(31(2)16-4-6-20-5-3-7-25(29)17-20)28(34-30-19)24-14-12-23(13-15-24)22-10-8-21(9-11-22)18-26(32)33/h3,5,7-15,17H,4,6,16,18H2,1-2H3,(H,32,33). The molecule has 1 N–H and O–H groups in total. The van der Waals surface area contributed by atoms with E-state index in [-0.39, 0.29) is 12.2 Å². The number of aromatic nitrogens is 1. The Morgan fingerprint density at radius 2 is 1.62 bits per heavy atom. The van der Waals surface area contributed by atoms with E-state index in [0.717, 1.165) is 58.6 Å². The summed E-state index contributed by atoms with van der Waals surface area (Å²) in [6.07, 6.45) is 1.69. The number of anilines is 1. The molecule has 0 saturated carbocycles. The van der Waals surface area contributed by atoms with Gasteiger partial charge in [-0.2, -0.15) is 0 Å². The number of aryl methyl sites for hydroxylation is 2. The van der Waals surface area contributed by atoms with Gasteiger partial charge in [0.05, 0.1) is 6.42 Å². The Hall–Kier alpha value is -3.93. The quantitative estimate of drug-likeness (QED) is 0.326. The van der Waals surface area contributed by atoms with Gasteiger partial charge in [-0.05, 0) is 54.2 Å². The first-order valence-electron chi connectivity index (χ1n) is 11.2. The Balaban J connectivity index is 1.46. The van der Waals surface area contributed by atoms with Crippen molar-refractivity contribution < 1.29 is 18.8 Å². The van der Waals surface area contributed by atoms with Crippen molar-refractivity contribution in [2.24, 2.45) is 0 Å². The fourth-order valence-electron chi connectivity index (χ4n) is 4.13. The van der Waals surface area contributed by atoms with E-state index in [2.05, 4.69) is 10.1 Å². The topological polar surface area (TPSA) is 66.6 Å². The van der Waals surface area contributed by atoms with E-state index in [0.29, 0.717) is 5.76 Å². The lowest BCUT2D eigenvalue weighted by Gasteiger charge is -2.19. The van der Waals surface area contributed by atoms with Crippen LogP contribution in [0.3, 0.4) is 0 Å². The maximum Gasteiger partial charge on any atom is 0.307 e. The van der Waals surface area contributed by atoms with Gasteiger partial charge in [0.25, 0.3) is 0 Å². The van der Waals surface area contributed by atoms with Crippen molar-refractivity contribution in [1.29, 1.82) is 0 Å². The van der Waals surface area contributed by atoms with Crippen LogP contribution in [0, 0.1) is 12.7 Å². The van der Waals surface area contributed by atoms with Crippen molar-refractivity contribution in [3.05, 3.63) is 95.4 Å². The van der Waals surface area contributed by atoms with E-state index >= 15 is 0 Å². The van der Waals surface area contributed by atoms with Crippen LogP contribution in [0.25, 0.3) is 22.5 Å². The molecule has 0 aliphatic carbocycles. The molecule has 174 valence electrons. The second-order valence-electron chi connectivity index (χ2n) is 8.45. The Morgan fingerprint density at radius 3 is 2.26 bits per heavy atom. The number of halogens is 1. The van der Waals surface area contributed by atoms with Gasteiger partial charge in [-0.3, -0.25) is 4.79 Å². The Labute approximate surface area is 198 Å². The van der Waals surface area contributed by atoms with Crippen LogP contribution in [0.1, 0.15) is 23.2 Å². The van der Waals surface area contributed by atoms with E-state index in [9.17, 15) is 9.18 Å². The van der Waals surface area contributed by atoms with Gasteiger partial charge < -0.3 is 14.5 Å². The number of carboxylic acid groups (broad SMARTS) is 1. The van der Waals surface area contributed by atoms with Crippen molar-refractivity contribution in [2.45, 2.75) is 26.2 Å². The molecule has 0 spiro atoms. The third-order valence-corrected chi connectivity index (χ3v) is 5.85. The van der Waals surface area contributed by atoms with Crippen LogP contribution in [0.2, 0.25) is 0 Å². The first-order valence-corrected chi connectivity index (χ1v) is 11.2. The summed E-state index contributed by atoms with van der Waals surface area (Å²) in [4.78, 5) is 13.0. The molecule has 6 heteroatoms. The van der Waals surface area contributed by atoms with Gasteiger partial charge in [0.15, 0.2) is 5.76 Å². The molecule has 4 rings (SSSR count). The van der Waals surface area contributed by atoms with Gasteiger partial charge in [-0.25, -0.2) is 4.39 Å². The molecule has 0 unspecified atom stereocenters. The molecule has 3 aromatic carbocycles. The van der Waals surface area contributed by atoms with Crippen LogP contribution >= 0.6 is 0 Å². The zero-order valence-corrected chi connectivity index (χ0v) is 19.3. The Bertz CT molecular complexity index is 1260. The predicted molar refractivity (Wildman–Crippen MR) is 131 cm³/mol. The molecule has 0 aliphatic rings. The summed E-state index contributed by atoms with van der Waals surface area (Å²) in [5, 5.41) is 13.1. The number of hydrogen-bond donors (Lipinski definition) is 1. The normalized spacial score (nSPS) is 10.9. The predicted octanol–water partition coefficient (Wildman–Crippen LogP) is 6.15. The number of nitrogens with zero attached hydrogens (tertiary/aromatic N) is 2. The van der Waals surface area contributed by atoms with Crippen molar-refractivity contribution in [1.82, 2.24) is 5.16 Å². The van der Waals surface area contributed by atoms with Gasteiger partial charge in [-0.1, -0.05) is 65.8 Å². The first-order chi connectivity index (χ1) is 16.4. The SMILES string of the molecule is Cc1noc(-c2ccc(-c3ccc(CC(=O)O)cc3)cc2)c1N(C)CCCc1cccc(F)c1. The molecule has 0 bridgehead atoms. The summed E-state index contributed by atoms with van der Waals surface area (Å²) in [6, 6.07) is 22.3. The number of benzene rings is 3. The maximum atomic E-state index is 13.4. The van der Waals surface area contributed by atoms with Gasteiger partial charge in [0, 0.05) is 19.2 Å². The minimum atomic E-state index is -0.839. The third kappa shape index (κ3) is 5.52. The van der Waals surface area contributed by atoms with E-state index < -0.39 is 5.97 Å². The number of aliphatic carboxylic acids is 1. The minimum Gasteiger partial charge on any atom is -0.481 e. The lowest BCUT2D eigenvalue weighted by molar-refractivity contribution is -0.136. The zero-order valence-electron chi connectivity index (χ0n) is 19.3. The summed E-state index contributed by atoms with van der Waals surface area (Å²) in [5.74, 6) is -0.328. The maximum absolute atomic E-state index is 13.4. The van der Waals surface area contributed by atoms with Crippen LogP contribution in [0.15, 0.2) is 77.3 Å². The second kappa shape index (κ2) is 10.3. The Kier molecular flexibility index (Phi) is 7.07. The van der Waals surface area contributed by atoms with E-state index in [1.807, 2.05) is 68.6 Å².